The standard InChI is InChI=1S/C22H25Cl2N3O6/c1-6-32-14-10-15(19(24)17(11-14)33-7-2)26-27-20(12(3)28)22(29)25-16-8-13(23)9-18(30-4)21(16)31-5/h8-11,20H,6-7H2,1-5H3,(H,25,29). The minimum Gasteiger partial charge on any atom is -0.494 e. The summed E-state index contributed by atoms with van der Waals surface area (Å²) < 4.78 is 21.5. The highest BCUT2D eigenvalue weighted by Gasteiger charge is 2.25. The smallest absolute Gasteiger partial charge is 0.258 e. The number of anilines is 1. The molecule has 0 saturated carbocycles. The van der Waals surface area contributed by atoms with Gasteiger partial charge < -0.3 is 24.3 Å². The zero-order valence-corrected chi connectivity index (χ0v) is 20.4. The van der Waals surface area contributed by atoms with Crippen molar-refractivity contribution in [1.29, 1.82) is 0 Å². The van der Waals surface area contributed by atoms with Crippen LogP contribution in [-0.2, 0) is 9.59 Å². The highest BCUT2D eigenvalue weighted by molar-refractivity contribution is 6.34. The Hall–Kier alpha value is -3.04. The number of rotatable bonds is 11. The molecule has 1 amide bonds. The number of benzene rings is 2. The van der Waals surface area contributed by atoms with Gasteiger partial charge >= 0.3 is 0 Å². The molecule has 1 N–H and O–H groups in total. The molecule has 2 aromatic carbocycles. The lowest BCUT2D eigenvalue weighted by molar-refractivity contribution is -0.126. The Morgan fingerprint density at radius 3 is 2.27 bits per heavy atom. The molecule has 1 unspecified atom stereocenters. The molecule has 0 radical (unpaired) electrons. The number of nitrogens with zero attached hydrogens (tertiary/aromatic N) is 2. The van der Waals surface area contributed by atoms with E-state index in [0.29, 0.717) is 35.5 Å². The molecule has 2 rings (SSSR count). The Labute approximate surface area is 202 Å². The van der Waals surface area contributed by atoms with Gasteiger partial charge in [-0.2, -0.15) is 10.2 Å². The second kappa shape index (κ2) is 12.3. The van der Waals surface area contributed by atoms with Gasteiger partial charge in [-0.3, -0.25) is 9.59 Å². The fourth-order valence-corrected chi connectivity index (χ4v) is 3.21. The van der Waals surface area contributed by atoms with Gasteiger partial charge in [-0.05, 0) is 26.8 Å². The minimum atomic E-state index is -1.46. The number of carbonyl (C=O) groups is 2. The van der Waals surface area contributed by atoms with Crippen molar-refractivity contribution in [2.45, 2.75) is 26.8 Å². The summed E-state index contributed by atoms with van der Waals surface area (Å²) in [6.45, 7) is 5.64. The lowest BCUT2D eigenvalue weighted by Crippen LogP contribution is -2.32. The summed E-state index contributed by atoms with van der Waals surface area (Å²) in [6.07, 6.45) is 0. The number of azo groups is 1. The minimum absolute atomic E-state index is 0.174. The van der Waals surface area contributed by atoms with Crippen molar-refractivity contribution in [2.75, 3.05) is 32.8 Å². The van der Waals surface area contributed by atoms with Crippen LogP contribution >= 0.6 is 23.2 Å². The van der Waals surface area contributed by atoms with Gasteiger partial charge in [0, 0.05) is 23.2 Å². The van der Waals surface area contributed by atoms with Gasteiger partial charge in [0.1, 0.15) is 22.2 Å². The van der Waals surface area contributed by atoms with Crippen molar-refractivity contribution in [3.8, 4) is 23.0 Å². The molecule has 178 valence electrons. The van der Waals surface area contributed by atoms with Crippen LogP contribution in [0.5, 0.6) is 23.0 Å². The first-order chi connectivity index (χ1) is 15.7. The summed E-state index contributed by atoms with van der Waals surface area (Å²) in [6, 6.07) is 4.70. The number of ether oxygens (including phenoxy) is 4. The molecule has 0 aliphatic rings. The lowest BCUT2D eigenvalue weighted by Gasteiger charge is -2.15. The maximum atomic E-state index is 12.9. The average molecular weight is 498 g/mol. The van der Waals surface area contributed by atoms with Crippen molar-refractivity contribution in [3.63, 3.8) is 0 Å². The molecule has 0 spiro atoms. The maximum absolute atomic E-state index is 12.9. The lowest BCUT2D eigenvalue weighted by atomic mass is 10.2. The number of nitrogens with one attached hydrogen (secondary N) is 1. The summed E-state index contributed by atoms with van der Waals surface area (Å²) in [5.74, 6) is 0.0763. The third-order valence-corrected chi connectivity index (χ3v) is 4.82. The largest absolute Gasteiger partial charge is 0.494 e. The zero-order chi connectivity index (χ0) is 24.5. The number of carbonyl (C=O) groups excluding carboxylic acids is 2. The van der Waals surface area contributed by atoms with E-state index in [0.717, 1.165) is 0 Å². The number of hydrogen-bond donors (Lipinski definition) is 1. The van der Waals surface area contributed by atoms with E-state index in [1.165, 1.54) is 39.3 Å². The molecule has 33 heavy (non-hydrogen) atoms. The van der Waals surface area contributed by atoms with Crippen molar-refractivity contribution in [3.05, 3.63) is 34.3 Å². The van der Waals surface area contributed by atoms with Crippen molar-refractivity contribution >= 4 is 46.3 Å². The van der Waals surface area contributed by atoms with E-state index in [4.69, 9.17) is 42.1 Å². The molecule has 0 aliphatic heterocycles. The average Bonchev–Trinajstić information content (AvgIpc) is 2.76. The summed E-state index contributed by atoms with van der Waals surface area (Å²) >= 11 is 12.4. The Morgan fingerprint density at radius 2 is 1.70 bits per heavy atom. The predicted molar refractivity (Wildman–Crippen MR) is 126 cm³/mol. The number of methoxy groups -OCH3 is 2. The van der Waals surface area contributed by atoms with Crippen molar-refractivity contribution < 1.29 is 28.5 Å². The highest BCUT2D eigenvalue weighted by Crippen LogP contribution is 2.40. The second-order valence-corrected chi connectivity index (χ2v) is 7.34. The van der Waals surface area contributed by atoms with Crippen LogP contribution in [0.3, 0.4) is 0 Å². The molecular formula is C22H25Cl2N3O6. The zero-order valence-electron chi connectivity index (χ0n) is 18.9. The van der Waals surface area contributed by atoms with Crippen LogP contribution in [0.4, 0.5) is 11.4 Å². The summed E-state index contributed by atoms with van der Waals surface area (Å²) in [4.78, 5) is 25.1. The van der Waals surface area contributed by atoms with Crippen LogP contribution in [-0.4, -0.2) is 45.2 Å². The SMILES string of the molecule is CCOc1cc(N=NC(C(C)=O)C(=O)Nc2cc(Cl)cc(OC)c2OC)c(Cl)c(OCC)c1. The third-order valence-electron chi connectivity index (χ3n) is 4.22. The number of halogens is 2. The second-order valence-electron chi connectivity index (χ2n) is 6.53. The number of Topliss-reactive ketones (excluding diaryl/α,β-unsaturated/α-hetero) is 1. The molecule has 0 aliphatic carbocycles. The summed E-state index contributed by atoms with van der Waals surface area (Å²) in [5.41, 5.74) is 0.399. The van der Waals surface area contributed by atoms with E-state index < -0.39 is 17.7 Å². The van der Waals surface area contributed by atoms with Gasteiger partial charge in [0.2, 0.25) is 6.04 Å². The van der Waals surface area contributed by atoms with Gasteiger partial charge in [-0.15, -0.1) is 0 Å². The van der Waals surface area contributed by atoms with Gasteiger partial charge in [0.15, 0.2) is 17.3 Å². The number of ketones is 1. The molecule has 11 heteroatoms. The van der Waals surface area contributed by atoms with Gasteiger partial charge in [0.05, 0.1) is 33.1 Å². The van der Waals surface area contributed by atoms with Crippen LogP contribution in [0.1, 0.15) is 20.8 Å². The van der Waals surface area contributed by atoms with Crippen LogP contribution in [0.25, 0.3) is 0 Å². The fourth-order valence-electron chi connectivity index (χ4n) is 2.80. The molecule has 0 fully saturated rings. The summed E-state index contributed by atoms with van der Waals surface area (Å²) in [5, 5.41) is 11.0. The van der Waals surface area contributed by atoms with E-state index in [1.54, 1.807) is 13.0 Å². The Bertz CT molecular complexity index is 1050. The van der Waals surface area contributed by atoms with Crippen molar-refractivity contribution in [1.82, 2.24) is 0 Å². The quantitative estimate of drug-likeness (QED) is 0.324. The van der Waals surface area contributed by atoms with Gasteiger partial charge in [-0.25, -0.2) is 0 Å². The van der Waals surface area contributed by atoms with Gasteiger partial charge in [0.25, 0.3) is 5.91 Å². The Balaban J connectivity index is 2.38. The third kappa shape index (κ3) is 6.72. The van der Waals surface area contributed by atoms with E-state index in [9.17, 15) is 9.59 Å². The molecule has 0 aromatic heterocycles. The normalized spacial score (nSPS) is 11.7. The first-order valence-electron chi connectivity index (χ1n) is 9.98. The number of amides is 1. The number of hydrogen-bond acceptors (Lipinski definition) is 8. The topological polar surface area (TPSA) is 108 Å². The van der Waals surface area contributed by atoms with Crippen LogP contribution in [0.2, 0.25) is 10.0 Å². The van der Waals surface area contributed by atoms with Crippen LogP contribution in [0.15, 0.2) is 34.5 Å². The van der Waals surface area contributed by atoms with Gasteiger partial charge in [-0.1, -0.05) is 23.2 Å². The Morgan fingerprint density at radius 1 is 1.00 bits per heavy atom. The van der Waals surface area contributed by atoms with E-state index in [1.807, 2.05) is 6.92 Å². The molecule has 9 nitrogen and oxygen atoms in total. The van der Waals surface area contributed by atoms with Crippen LogP contribution in [0, 0.1) is 0 Å². The highest BCUT2D eigenvalue weighted by atomic mass is 35.5. The fraction of sp³-hybridized carbons (Fsp3) is 0.364. The Kier molecular flexibility index (Phi) is 9.74. The molecule has 0 bridgehead atoms. The molecule has 0 heterocycles. The van der Waals surface area contributed by atoms with E-state index in [2.05, 4.69) is 15.5 Å². The molecule has 2 aromatic rings. The molecular weight excluding hydrogens is 473 g/mol. The summed E-state index contributed by atoms with van der Waals surface area (Å²) in [7, 11) is 2.84. The van der Waals surface area contributed by atoms with Crippen molar-refractivity contribution in [2.24, 2.45) is 10.2 Å². The van der Waals surface area contributed by atoms with Crippen LogP contribution < -0.4 is 24.3 Å². The molecule has 1 atom stereocenters. The molecule has 0 saturated heterocycles. The first kappa shape index (κ1) is 26.2. The van der Waals surface area contributed by atoms with E-state index >= 15 is 0 Å². The first-order valence-corrected chi connectivity index (χ1v) is 10.7. The predicted octanol–water partition coefficient (Wildman–Crippen LogP) is 5.49. The maximum Gasteiger partial charge on any atom is 0.258 e. The monoisotopic (exact) mass is 497 g/mol. The van der Waals surface area contributed by atoms with E-state index in [-0.39, 0.29) is 22.1 Å².